The number of nitrogens with zero attached hydrogens (tertiary/aromatic N) is 2. The molecule has 5 nitrogen and oxygen atoms in total. The first-order valence-corrected chi connectivity index (χ1v) is 7.34. The molecule has 1 unspecified atom stereocenters. The fourth-order valence-corrected chi connectivity index (χ4v) is 2.80. The maximum Gasteiger partial charge on any atom is 0.251 e. The lowest BCUT2D eigenvalue weighted by molar-refractivity contribution is -0.116. The minimum Gasteiger partial charge on any atom is -0.376 e. The second-order valence-corrected chi connectivity index (χ2v) is 6.00. The SMILES string of the molecule is CN(C)c1ccncc1NC1C(=O)Nc2ccc(Br)cc21. The summed E-state index contributed by atoms with van der Waals surface area (Å²) in [6.45, 7) is 0. The van der Waals surface area contributed by atoms with E-state index < -0.39 is 6.04 Å². The highest BCUT2D eigenvalue weighted by Crippen LogP contribution is 2.36. The van der Waals surface area contributed by atoms with E-state index in [-0.39, 0.29) is 5.91 Å². The Labute approximate surface area is 131 Å². The van der Waals surface area contributed by atoms with Gasteiger partial charge in [0.1, 0.15) is 6.04 Å². The van der Waals surface area contributed by atoms with Gasteiger partial charge >= 0.3 is 0 Å². The first-order valence-electron chi connectivity index (χ1n) is 6.54. The Balaban J connectivity index is 1.96. The van der Waals surface area contributed by atoms with Crippen molar-refractivity contribution in [1.82, 2.24) is 4.98 Å². The lowest BCUT2D eigenvalue weighted by atomic mass is 10.1. The summed E-state index contributed by atoms with van der Waals surface area (Å²) in [4.78, 5) is 18.3. The Bertz CT molecular complexity index is 702. The first kappa shape index (κ1) is 13.9. The van der Waals surface area contributed by atoms with Gasteiger partial charge in [0.05, 0.1) is 17.6 Å². The van der Waals surface area contributed by atoms with E-state index in [1.54, 1.807) is 12.4 Å². The number of fused-ring (bicyclic) bond motifs is 1. The van der Waals surface area contributed by atoms with Crippen LogP contribution in [-0.4, -0.2) is 25.0 Å². The van der Waals surface area contributed by atoms with Crippen LogP contribution in [0.1, 0.15) is 11.6 Å². The number of carbonyl (C=O) groups is 1. The molecule has 2 N–H and O–H groups in total. The standard InChI is InChI=1S/C15H15BrN4O/c1-20(2)13-5-6-17-8-12(13)18-14-10-7-9(16)3-4-11(10)19-15(14)21/h3-8,14,18H,1-2H3,(H,19,21). The number of nitrogens with one attached hydrogen (secondary N) is 2. The summed E-state index contributed by atoms with van der Waals surface area (Å²) in [6.07, 6.45) is 3.47. The van der Waals surface area contributed by atoms with Gasteiger partial charge < -0.3 is 15.5 Å². The van der Waals surface area contributed by atoms with Crippen molar-refractivity contribution in [2.24, 2.45) is 0 Å². The summed E-state index contributed by atoms with van der Waals surface area (Å²) in [6, 6.07) is 7.26. The monoisotopic (exact) mass is 346 g/mol. The van der Waals surface area contributed by atoms with Crippen LogP contribution in [0.5, 0.6) is 0 Å². The van der Waals surface area contributed by atoms with Crippen molar-refractivity contribution in [2.75, 3.05) is 29.6 Å². The van der Waals surface area contributed by atoms with E-state index in [2.05, 4.69) is 31.5 Å². The maximum absolute atomic E-state index is 12.2. The van der Waals surface area contributed by atoms with Crippen LogP contribution in [0.25, 0.3) is 0 Å². The minimum absolute atomic E-state index is 0.0586. The van der Waals surface area contributed by atoms with Gasteiger partial charge in [0.2, 0.25) is 0 Å². The lowest BCUT2D eigenvalue weighted by Crippen LogP contribution is -2.21. The van der Waals surface area contributed by atoms with Gasteiger partial charge in [-0.2, -0.15) is 0 Å². The highest BCUT2D eigenvalue weighted by molar-refractivity contribution is 9.10. The molecule has 1 aromatic carbocycles. The molecular formula is C15H15BrN4O. The average Bonchev–Trinajstić information content (AvgIpc) is 2.75. The molecular weight excluding hydrogens is 332 g/mol. The highest BCUT2D eigenvalue weighted by atomic mass is 79.9. The Morgan fingerprint density at radius 3 is 2.90 bits per heavy atom. The van der Waals surface area contributed by atoms with Crippen molar-refractivity contribution >= 4 is 38.9 Å². The van der Waals surface area contributed by atoms with Crippen molar-refractivity contribution in [3.8, 4) is 0 Å². The fraction of sp³-hybridized carbons (Fsp3) is 0.200. The van der Waals surface area contributed by atoms with Gasteiger partial charge in [-0.15, -0.1) is 0 Å². The molecule has 0 saturated carbocycles. The van der Waals surface area contributed by atoms with Crippen LogP contribution >= 0.6 is 15.9 Å². The summed E-state index contributed by atoms with van der Waals surface area (Å²) >= 11 is 3.45. The van der Waals surface area contributed by atoms with Crippen molar-refractivity contribution in [3.05, 3.63) is 46.7 Å². The molecule has 2 aromatic rings. The van der Waals surface area contributed by atoms with Crippen LogP contribution in [0.15, 0.2) is 41.1 Å². The first-order chi connectivity index (χ1) is 10.1. The number of halogens is 1. The van der Waals surface area contributed by atoms with Crippen molar-refractivity contribution in [3.63, 3.8) is 0 Å². The van der Waals surface area contributed by atoms with E-state index in [4.69, 9.17) is 0 Å². The number of aromatic nitrogens is 1. The van der Waals surface area contributed by atoms with E-state index >= 15 is 0 Å². The molecule has 108 valence electrons. The van der Waals surface area contributed by atoms with E-state index in [0.29, 0.717) is 0 Å². The smallest absolute Gasteiger partial charge is 0.251 e. The van der Waals surface area contributed by atoms with Crippen molar-refractivity contribution in [1.29, 1.82) is 0 Å². The predicted octanol–water partition coefficient (Wildman–Crippen LogP) is 3.02. The van der Waals surface area contributed by atoms with Gasteiger partial charge in [0, 0.05) is 36.0 Å². The fourth-order valence-electron chi connectivity index (χ4n) is 2.42. The van der Waals surface area contributed by atoms with Crippen LogP contribution in [0.4, 0.5) is 17.1 Å². The largest absolute Gasteiger partial charge is 0.376 e. The van der Waals surface area contributed by atoms with Gasteiger partial charge in [0.25, 0.3) is 5.91 Å². The van der Waals surface area contributed by atoms with E-state index in [0.717, 1.165) is 27.1 Å². The number of hydrogen-bond donors (Lipinski definition) is 2. The molecule has 1 aromatic heterocycles. The topological polar surface area (TPSA) is 57.3 Å². The van der Waals surface area contributed by atoms with Gasteiger partial charge in [-0.05, 0) is 24.3 Å². The molecule has 0 aliphatic carbocycles. The second kappa shape index (κ2) is 5.37. The number of amides is 1. The predicted molar refractivity (Wildman–Crippen MR) is 87.7 cm³/mol. The number of pyridine rings is 1. The highest BCUT2D eigenvalue weighted by Gasteiger charge is 2.31. The number of anilines is 3. The third-order valence-electron chi connectivity index (χ3n) is 3.42. The molecule has 0 saturated heterocycles. The Kier molecular flexibility index (Phi) is 3.55. The molecule has 1 aliphatic heterocycles. The summed E-state index contributed by atoms with van der Waals surface area (Å²) in [5.41, 5.74) is 3.59. The zero-order valence-corrected chi connectivity index (χ0v) is 13.3. The molecule has 0 bridgehead atoms. The molecule has 3 rings (SSSR count). The summed E-state index contributed by atoms with van der Waals surface area (Å²) < 4.78 is 0.948. The number of carbonyl (C=O) groups excluding carboxylic acids is 1. The van der Waals surface area contributed by atoms with Gasteiger partial charge in [-0.1, -0.05) is 15.9 Å². The van der Waals surface area contributed by atoms with Crippen LogP contribution in [0, 0.1) is 0 Å². The molecule has 6 heteroatoms. The molecule has 1 aliphatic rings. The third-order valence-corrected chi connectivity index (χ3v) is 3.92. The number of rotatable bonds is 3. The summed E-state index contributed by atoms with van der Waals surface area (Å²) in [5.74, 6) is -0.0586. The van der Waals surface area contributed by atoms with Crippen LogP contribution in [0.3, 0.4) is 0 Å². The molecule has 0 spiro atoms. The Morgan fingerprint density at radius 2 is 2.14 bits per heavy atom. The normalized spacial score (nSPS) is 16.3. The van der Waals surface area contributed by atoms with E-state index in [1.165, 1.54) is 0 Å². The molecule has 1 atom stereocenters. The minimum atomic E-state index is -0.416. The molecule has 0 fully saturated rings. The third kappa shape index (κ3) is 2.58. The molecule has 1 amide bonds. The quantitative estimate of drug-likeness (QED) is 0.896. The Morgan fingerprint density at radius 1 is 1.33 bits per heavy atom. The zero-order valence-electron chi connectivity index (χ0n) is 11.7. The number of hydrogen-bond acceptors (Lipinski definition) is 4. The summed E-state index contributed by atoms with van der Waals surface area (Å²) in [5, 5.41) is 6.17. The van der Waals surface area contributed by atoms with Crippen molar-refractivity contribution in [2.45, 2.75) is 6.04 Å². The maximum atomic E-state index is 12.2. The molecule has 21 heavy (non-hydrogen) atoms. The van der Waals surface area contributed by atoms with E-state index in [1.807, 2.05) is 43.3 Å². The molecule has 2 heterocycles. The van der Waals surface area contributed by atoms with Crippen LogP contribution in [0.2, 0.25) is 0 Å². The zero-order chi connectivity index (χ0) is 15.0. The Hall–Kier alpha value is -2.08. The lowest BCUT2D eigenvalue weighted by Gasteiger charge is -2.20. The van der Waals surface area contributed by atoms with Crippen molar-refractivity contribution < 1.29 is 4.79 Å². The van der Waals surface area contributed by atoms with Crippen LogP contribution in [-0.2, 0) is 4.79 Å². The number of benzene rings is 1. The summed E-state index contributed by atoms with van der Waals surface area (Å²) in [7, 11) is 3.92. The second-order valence-electron chi connectivity index (χ2n) is 5.09. The van der Waals surface area contributed by atoms with Gasteiger partial charge in [0.15, 0.2) is 0 Å². The molecule has 0 radical (unpaired) electrons. The average molecular weight is 347 g/mol. The van der Waals surface area contributed by atoms with E-state index in [9.17, 15) is 4.79 Å². The van der Waals surface area contributed by atoms with Gasteiger partial charge in [-0.25, -0.2) is 0 Å². The van der Waals surface area contributed by atoms with Gasteiger partial charge in [-0.3, -0.25) is 9.78 Å². The van der Waals surface area contributed by atoms with Crippen LogP contribution < -0.4 is 15.5 Å².